The molecule has 0 aromatic carbocycles. The van der Waals surface area contributed by atoms with Gasteiger partial charge in [-0.25, -0.2) is 0 Å². The Labute approximate surface area is 82.0 Å². The molecule has 1 aliphatic rings. The summed E-state index contributed by atoms with van der Waals surface area (Å²) in [5, 5.41) is 3.56. The standard InChI is InChI=1S/C11H23NO/c1-8(2)11(9(3)4)5-12-10-6-13-7-10/h8-12H,5-7H2,1-4H3. The van der Waals surface area contributed by atoms with Gasteiger partial charge in [0.25, 0.3) is 0 Å². The predicted octanol–water partition coefficient (Wildman–Crippen LogP) is 1.90. The number of rotatable bonds is 5. The largest absolute Gasteiger partial charge is 0.378 e. The van der Waals surface area contributed by atoms with Crippen LogP contribution in [0.1, 0.15) is 27.7 Å². The highest BCUT2D eigenvalue weighted by molar-refractivity contribution is 4.77. The fraction of sp³-hybridized carbons (Fsp3) is 1.00. The lowest BCUT2D eigenvalue weighted by atomic mass is 9.85. The molecule has 2 nitrogen and oxygen atoms in total. The van der Waals surface area contributed by atoms with Crippen LogP contribution < -0.4 is 5.32 Å². The molecule has 0 bridgehead atoms. The van der Waals surface area contributed by atoms with Gasteiger partial charge in [-0.3, -0.25) is 0 Å². The summed E-state index contributed by atoms with van der Waals surface area (Å²) in [5.74, 6) is 2.34. The average Bonchev–Trinajstić information content (AvgIpc) is 1.92. The Morgan fingerprint density at radius 1 is 1.15 bits per heavy atom. The minimum absolute atomic E-state index is 0.625. The maximum atomic E-state index is 5.13. The predicted molar refractivity (Wildman–Crippen MR) is 55.8 cm³/mol. The van der Waals surface area contributed by atoms with Crippen LogP contribution in [0, 0.1) is 17.8 Å². The van der Waals surface area contributed by atoms with Crippen molar-refractivity contribution >= 4 is 0 Å². The fourth-order valence-corrected chi connectivity index (χ4v) is 1.90. The summed E-state index contributed by atoms with van der Waals surface area (Å²) in [6, 6.07) is 0.625. The molecule has 0 aliphatic carbocycles. The molecule has 2 heteroatoms. The topological polar surface area (TPSA) is 21.3 Å². The normalized spacial score (nSPS) is 18.7. The number of ether oxygens (including phenoxy) is 1. The van der Waals surface area contributed by atoms with Crippen molar-refractivity contribution < 1.29 is 4.74 Å². The van der Waals surface area contributed by atoms with Gasteiger partial charge < -0.3 is 10.1 Å². The Hall–Kier alpha value is -0.0800. The molecule has 1 fully saturated rings. The number of nitrogens with one attached hydrogen (secondary N) is 1. The van der Waals surface area contributed by atoms with Crippen LogP contribution in [0.3, 0.4) is 0 Å². The van der Waals surface area contributed by atoms with Crippen LogP contribution in [0.5, 0.6) is 0 Å². The van der Waals surface area contributed by atoms with Crippen LogP contribution in [0.4, 0.5) is 0 Å². The number of hydrogen-bond acceptors (Lipinski definition) is 2. The van der Waals surface area contributed by atoms with Gasteiger partial charge >= 0.3 is 0 Å². The molecule has 78 valence electrons. The van der Waals surface area contributed by atoms with Gasteiger partial charge in [-0.15, -0.1) is 0 Å². The Bertz CT molecular complexity index is 133. The highest BCUT2D eigenvalue weighted by atomic mass is 16.5. The zero-order valence-corrected chi connectivity index (χ0v) is 9.34. The van der Waals surface area contributed by atoms with Crippen LogP contribution in [0.2, 0.25) is 0 Å². The van der Waals surface area contributed by atoms with E-state index in [1.807, 2.05) is 0 Å². The molecule has 0 aromatic rings. The summed E-state index contributed by atoms with van der Waals surface area (Å²) in [7, 11) is 0. The molecule has 1 saturated heterocycles. The van der Waals surface area contributed by atoms with E-state index in [2.05, 4.69) is 33.0 Å². The van der Waals surface area contributed by atoms with Gasteiger partial charge in [-0.05, 0) is 24.3 Å². The van der Waals surface area contributed by atoms with E-state index in [0.29, 0.717) is 6.04 Å². The summed E-state index contributed by atoms with van der Waals surface area (Å²) >= 11 is 0. The average molecular weight is 185 g/mol. The van der Waals surface area contributed by atoms with Gasteiger partial charge in [-0.2, -0.15) is 0 Å². The monoisotopic (exact) mass is 185 g/mol. The van der Waals surface area contributed by atoms with E-state index in [1.165, 1.54) is 0 Å². The zero-order valence-electron chi connectivity index (χ0n) is 9.34. The van der Waals surface area contributed by atoms with E-state index in [0.717, 1.165) is 37.5 Å². The second-order valence-corrected chi connectivity index (χ2v) is 4.79. The third-order valence-electron chi connectivity index (χ3n) is 2.99. The van der Waals surface area contributed by atoms with Gasteiger partial charge in [0.15, 0.2) is 0 Å². The van der Waals surface area contributed by atoms with E-state index in [1.54, 1.807) is 0 Å². The first-order valence-corrected chi connectivity index (χ1v) is 5.42. The molecular weight excluding hydrogens is 162 g/mol. The first-order chi connectivity index (χ1) is 6.11. The van der Waals surface area contributed by atoms with Crippen molar-refractivity contribution in [2.24, 2.45) is 17.8 Å². The molecule has 0 atom stereocenters. The number of hydrogen-bond donors (Lipinski definition) is 1. The second-order valence-electron chi connectivity index (χ2n) is 4.79. The lowest BCUT2D eigenvalue weighted by Crippen LogP contribution is -2.48. The van der Waals surface area contributed by atoms with Crippen molar-refractivity contribution in [2.75, 3.05) is 19.8 Å². The van der Waals surface area contributed by atoms with Crippen molar-refractivity contribution in [1.82, 2.24) is 5.32 Å². The highest BCUT2D eigenvalue weighted by Crippen LogP contribution is 2.19. The van der Waals surface area contributed by atoms with E-state index in [4.69, 9.17) is 4.74 Å². The van der Waals surface area contributed by atoms with Gasteiger partial charge in [0.2, 0.25) is 0 Å². The van der Waals surface area contributed by atoms with Crippen molar-refractivity contribution in [2.45, 2.75) is 33.7 Å². The molecule has 0 amide bonds. The maximum absolute atomic E-state index is 5.13. The molecule has 0 saturated carbocycles. The van der Waals surface area contributed by atoms with Crippen LogP contribution >= 0.6 is 0 Å². The van der Waals surface area contributed by atoms with E-state index >= 15 is 0 Å². The van der Waals surface area contributed by atoms with Crippen LogP contribution in [-0.4, -0.2) is 25.8 Å². The van der Waals surface area contributed by atoms with Crippen LogP contribution in [-0.2, 0) is 4.74 Å². The summed E-state index contributed by atoms with van der Waals surface area (Å²) < 4.78 is 5.13. The van der Waals surface area contributed by atoms with Crippen LogP contribution in [0.25, 0.3) is 0 Å². The Balaban J connectivity index is 2.21. The van der Waals surface area contributed by atoms with Crippen molar-refractivity contribution in [1.29, 1.82) is 0 Å². The minimum Gasteiger partial charge on any atom is -0.378 e. The molecule has 0 radical (unpaired) electrons. The first-order valence-electron chi connectivity index (χ1n) is 5.42. The smallest absolute Gasteiger partial charge is 0.0643 e. The molecule has 1 heterocycles. The van der Waals surface area contributed by atoms with E-state index in [9.17, 15) is 0 Å². The van der Waals surface area contributed by atoms with Crippen LogP contribution in [0.15, 0.2) is 0 Å². The molecule has 0 unspecified atom stereocenters. The van der Waals surface area contributed by atoms with Gasteiger partial charge in [0.05, 0.1) is 19.3 Å². The summed E-state index contributed by atoms with van der Waals surface area (Å²) in [6.45, 7) is 12.2. The van der Waals surface area contributed by atoms with Crippen molar-refractivity contribution in [3.63, 3.8) is 0 Å². The molecule has 1 N–H and O–H groups in total. The summed E-state index contributed by atoms with van der Waals surface area (Å²) in [6.07, 6.45) is 0. The molecular formula is C11H23NO. The Morgan fingerprint density at radius 3 is 2.00 bits per heavy atom. The first kappa shape index (κ1) is 11.0. The molecule has 0 aromatic heterocycles. The third-order valence-corrected chi connectivity index (χ3v) is 2.99. The van der Waals surface area contributed by atoms with E-state index < -0.39 is 0 Å². The molecule has 1 aliphatic heterocycles. The van der Waals surface area contributed by atoms with E-state index in [-0.39, 0.29) is 0 Å². The molecule has 13 heavy (non-hydrogen) atoms. The second kappa shape index (κ2) is 4.97. The summed E-state index contributed by atoms with van der Waals surface area (Å²) in [4.78, 5) is 0. The quantitative estimate of drug-likeness (QED) is 0.706. The molecule has 1 rings (SSSR count). The van der Waals surface area contributed by atoms with Gasteiger partial charge in [0.1, 0.15) is 0 Å². The van der Waals surface area contributed by atoms with Gasteiger partial charge in [-0.1, -0.05) is 27.7 Å². The minimum atomic E-state index is 0.625. The van der Waals surface area contributed by atoms with Gasteiger partial charge in [0, 0.05) is 0 Å². The lowest BCUT2D eigenvalue weighted by molar-refractivity contribution is -0.00823. The lowest BCUT2D eigenvalue weighted by Gasteiger charge is -2.31. The maximum Gasteiger partial charge on any atom is 0.0643 e. The Kier molecular flexibility index (Phi) is 4.20. The third kappa shape index (κ3) is 3.28. The Morgan fingerprint density at radius 2 is 1.69 bits per heavy atom. The van der Waals surface area contributed by atoms with Crippen molar-refractivity contribution in [3.8, 4) is 0 Å². The van der Waals surface area contributed by atoms with Crippen molar-refractivity contribution in [3.05, 3.63) is 0 Å². The fourth-order valence-electron chi connectivity index (χ4n) is 1.90. The highest BCUT2D eigenvalue weighted by Gasteiger charge is 2.22. The SMILES string of the molecule is CC(C)C(CNC1COC1)C(C)C. The zero-order chi connectivity index (χ0) is 9.84. The summed E-state index contributed by atoms with van der Waals surface area (Å²) in [5.41, 5.74) is 0. The molecule has 0 spiro atoms.